The van der Waals surface area contributed by atoms with Crippen molar-refractivity contribution in [1.82, 2.24) is 29.5 Å². The molecule has 0 radical (unpaired) electrons. The molecule has 200 valence electrons. The van der Waals surface area contributed by atoms with E-state index in [2.05, 4.69) is 19.8 Å². The van der Waals surface area contributed by atoms with Crippen molar-refractivity contribution in [2.45, 2.75) is 37.8 Å². The number of hydrogen-bond donors (Lipinski definition) is 1. The molecule has 0 atom stereocenters. The zero-order valence-electron chi connectivity index (χ0n) is 22.1. The van der Waals surface area contributed by atoms with Crippen molar-refractivity contribution in [3.63, 3.8) is 0 Å². The number of para-hydroxylation sites is 1. The number of carbonyl (C=O) groups excluding carboxylic acids is 1. The molecular formula is C30H33N7O2. The number of ketones is 1. The van der Waals surface area contributed by atoms with Gasteiger partial charge in [-0.15, -0.1) is 0 Å². The van der Waals surface area contributed by atoms with E-state index in [1.807, 2.05) is 72.5 Å². The van der Waals surface area contributed by atoms with E-state index in [1.54, 1.807) is 6.08 Å². The molecule has 0 amide bonds. The van der Waals surface area contributed by atoms with E-state index in [-0.39, 0.29) is 11.8 Å². The maximum atomic E-state index is 12.5. The van der Waals surface area contributed by atoms with E-state index in [0.29, 0.717) is 18.4 Å². The molecule has 3 heterocycles. The van der Waals surface area contributed by atoms with Gasteiger partial charge in [0.05, 0.1) is 18.0 Å². The second-order valence-electron chi connectivity index (χ2n) is 10.4. The highest BCUT2D eigenvalue weighted by molar-refractivity contribution is 5.98. The van der Waals surface area contributed by atoms with Gasteiger partial charge in [-0.25, -0.2) is 14.6 Å². The molecule has 2 aliphatic rings. The lowest BCUT2D eigenvalue weighted by Gasteiger charge is -2.31. The van der Waals surface area contributed by atoms with E-state index in [4.69, 9.17) is 15.6 Å². The van der Waals surface area contributed by atoms with E-state index in [9.17, 15) is 4.79 Å². The molecular weight excluding hydrogens is 490 g/mol. The summed E-state index contributed by atoms with van der Waals surface area (Å²) in [4.78, 5) is 25.7. The first-order valence-corrected chi connectivity index (χ1v) is 13.5. The van der Waals surface area contributed by atoms with Gasteiger partial charge in [-0.3, -0.25) is 9.69 Å². The summed E-state index contributed by atoms with van der Waals surface area (Å²) in [6.45, 7) is 2.09. The Kier molecular flexibility index (Phi) is 6.98. The standard InChI is InChI=1S/C30H33N7O2/c1-35(22-9-10-22)16-15-24(38)19-36-17-13-23(14-18-36)37-30-27(29(31)32-20-33-30)28(34-37)21-7-11-26(12-8-21)39-25-5-3-2-4-6-25/h2-8,11-12,15-16,20,22-23H,9-10,13-14,17-19H2,1H3,(H2,31,32,33)/b16-15+. The number of ether oxygens (including phenoxy) is 1. The van der Waals surface area contributed by atoms with E-state index in [0.717, 1.165) is 59.7 Å². The molecule has 1 aliphatic heterocycles. The van der Waals surface area contributed by atoms with Crippen molar-refractivity contribution in [2.75, 3.05) is 32.4 Å². The summed E-state index contributed by atoms with van der Waals surface area (Å²) in [7, 11) is 2.04. The van der Waals surface area contributed by atoms with Gasteiger partial charge < -0.3 is 15.4 Å². The van der Waals surface area contributed by atoms with Crippen LogP contribution in [0, 0.1) is 0 Å². The lowest BCUT2D eigenvalue weighted by atomic mass is 10.0. The molecule has 0 bridgehead atoms. The van der Waals surface area contributed by atoms with Gasteiger partial charge in [-0.2, -0.15) is 5.10 Å². The Morgan fingerprint density at radius 3 is 2.46 bits per heavy atom. The monoisotopic (exact) mass is 523 g/mol. The SMILES string of the molecule is CN(/C=C/C(=O)CN1CCC(n2nc(-c3ccc(Oc4ccccc4)cc3)c3c(N)ncnc32)CC1)C1CC1. The Bertz CT molecular complexity index is 1470. The number of piperidine rings is 1. The van der Waals surface area contributed by atoms with Crippen LogP contribution in [0.15, 0.2) is 73.2 Å². The first-order valence-electron chi connectivity index (χ1n) is 13.5. The largest absolute Gasteiger partial charge is 0.457 e. The van der Waals surface area contributed by atoms with Crippen molar-refractivity contribution in [3.8, 4) is 22.8 Å². The van der Waals surface area contributed by atoms with Crippen LogP contribution in [0.4, 0.5) is 5.82 Å². The fourth-order valence-corrected chi connectivity index (χ4v) is 5.16. The van der Waals surface area contributed by atoms with Crippen molar-refractivity contribution in [3.05, 3.63) is 73.2 Å². The second kappa shape index (κ2) is 10.9. The first kappa shape index (κ1) is 25.1. The topological polar surface area (TPSA) is 102 Å². The maximum Gasteiger partial charge on any atom is 0.171 e. The predicted octanol–water partition coefficient (Wildman–Crippen LogP) is 4.68. The van der Waals surface area contributed by atoms with Crippen LogP contribution < -0.4 is 10.5 Å². The number of nitrogen functional groups attached to an aromatic ring is 1. The van der Waals surface area contributed by atoms with Crippen molar-refractivity contribution < 1.29 is 9.53 Å². The molecule has 0 unspecified atom stereocenters. The lowest BCUT2D eigenvalue weighted by Crippen LogP contribution is -2.38. The summed E-state index contributed by atoms with van der Waals surface area (Å²) in [5.41, 5.74) is 8.76. The molecule has 1 aliphatic carbocycles. The Morgan fingerprint density at radius 1 is 1.03 bits per heavy atom. The Morgan fingerprint density at radius 2 is 1.74 bits per heavy atom. The number of nitrogens with zero attached hydrogens (tertiary/aromatic N) is 6. The van der Waals surface area contributed by atoms with Gasteiger partial charge in [0, 0.05) is 37.9 Å². The zero-order chi connectivity index (χ0) is 26.8. The Labute approximate surface area is 227 Å². The van der Waals surface area contributed by atoms with E-state index in [1.165, 1.54) is 19.2 Å². The predicted molar refractivity (Wildman–Crippen MR) is 151 cm³/mol. The molecule has 2 N–H and O–H groups in total. The fourth-order valence-electron chi connectivity index (χ4n) is 5.16. The molecule has 1 saturated carbocycles. The summed E-state index contributed by atoms with van der Waals surface area (Å²) < 4.78 is 7.95. The van der Waals surface area contributed by atoms with Crippen LogP contribution in [-0.2, 0) is 4.79 Å². The third-order valence-corrected chi connectivity index (χ3v) is 7.53. The van der Waals surface area contributed by atoms with E-state index >= 15 is 0 Å². The van der Waals surface area contributed by atoms with Gasteiger partial charge in [-0.05, 0) is 68.2 Å². The number of nitrogens with two attached hydrogens (primary N) is 1. The highest BCUT2D eigenvalue weighted by Crippen LogP contribution is 2.35. The minimum atomic E-state index is 0.146. The van der Waals surface area contributed by atoms with Crippen LogP contribution in [0.1, 0.15) is 31.7 Å². The number of fused-ring (bicyclic) bond motifs is 1. The highest BCUT2D eigenvalue weighted by atomic mass is 16.5. The van der Waals surface area contributed by atoms with Crippen molar-refractivity contribution in [1.29, 1.82) is 0 Å². The molecule has 9 heteroatoms. The minimum absolute atomic E-state index is 0.146. The number of benzene rings is 2. The Balaban J connectivity index is 1.16. The smallest absolute Gasteiger partial charge is 0.171 e. The third kappa shape index (κ3) is 5.63. The number of anilines is 1. The van der Waals surface area contributed by atoms with Gasteiger partial charge in [0.15, 0.2) is 11.4 Å². The molecule has 2 fully saturated rings. The van der Waals surface area contributed by atoms with Crippen LogP contribution in [0.5, 0.6) is 11.5 Å². The van der Waals surface area contributed by atoms with Crippen LogP contribution in [0.3, 0.4) is 0 Å². The van der Waals surface area contributed by atoms with Crippen LogP contribution in [-0.4, -0.2) is 68.1 Å². The molecule has 4 aromatic rings. The summed E-state index contributed by atoms with van der Waals surface area (Å²) >= 11 is 0. The number of carbonyl (C=O) groups is 1. The number of aromatic nitrogens is 4. The summed E-state index contributed by atoms with van der Waals surface area (Å²) in [5.74, 6) is 2.09. The molecule has 6 rings (SSSR count). The molecule has 39 heavy (non-hydrogen) atoms. The number of rotatable bonds is 9. The average molecular weight is 524 g/mol. The minimum Gasteiger partial charge on any atom is -0.457 e. The highest BCUT2D eigenvalue weighted by Gasteiger charge is 2.27. The van der Waals surface area contributed by atoms with Crippen LogP contribution in [0.25, 0.3) is 22.3 Å². The van der Waals surface area contributed by atoms with Gasteiger partial charge in [0.1, 0.15) is 29.3 Å². The molecule has 1 saturated heterocycles. The Hall–Kier alpha value is -4.24. The summed E-state index contributed by atoms with van der Waals surface area (Å²) in [5, 5.41) is 5.77. The average Bonchev–Trinajstić information content (AvgIpc) is 3.74. The van der Waals surface area contributed by atoms with Crippen LogP contribution in [0.2, 0.25) is 0 Å². The van der Waals surface area contributed by atoms with Gasteiger partial charge in [-0.1, -0.05) is 18.2 Å². The summed E-state index contributed by atoms with van der Waals surface area (Å²) in [6, 6.07) is 18.3. The fraction of sp³-hybridized carbons (Fsp3) is 0.333. The molecule has 0 spiro atoms. The number of hydrogen-bond acceptors (Lipinski definition) is 8. The lowest BCUT2D eigenvalue weighted by molar-refractivity contribution is -0.116. The van der Waals surface area contributed by atoms with Gasteiger partial charge in [0.25, 0.3) is 0 Å². The van der Waals surface area contributed by atoms with Crippen molar-refractivity contribution in [2.24, 2.45) is 0 Å². The molecule has 9 nitrogen and oxygen atoms in total. The molecule has 2 aromatic heterocycles. The quantitative estimate of drug-likeness (QED) is 0.316. The summed E-state index contributed by atoms with van der Waals surface area (Å²) in [6.07, 6.45) is 9.33. The van der Waals surface area contributed by atoms with E-state index < -0.39 is 0 Å². The maximum absolute atomic E-state index is 12.5. The normalized spacial score (nSPS) is 16.6. The first-order chi connectivity index (χ1) is 19.0. The number of likely N-dealkylation sites (tertiary alicyclic amines) is 1. The second-order valence-corrected chi connectivity index (χ2v) is 10.4. The third-order valence-electron chi connectivity index (χ3n) is 7.53. The van der Waals surface area contributed by atoms with Crippen molar-refractivity contribution >= 4 is 22.6 Å². The zero-order valence-corrected chi connectivity index (χ0v) is 22.1. The van der Waals surface area contributed by atoms with Crippen LogP contribution >= 0.6 is 0 Å². The molecule has 2 aromatic carbocycles. The van der Waals surface area contributed by atoms with Gasteiger partial charge >= 0.3 is 0 Å². The van der Waals surface area contributed by atoms with Gasteiger partial charge in [0.2, 0.25) is 0 Å².